The highest BCUT2D eigenvalue weighted by Gasteiger charge is 2.47. The van der Waals surface area contributed by atoms with Crippen LogP contribution in [0.5, 0.6) is 0 Å². The van der Waals surface area contributed by atoms with Crippen molar-refractivity contribution in [3.8, 4) is 0 Å². The minimum absolute atomic E-state index is 0.441. The van der Waals surface area contributed by atoms with Crippen LogP contribution in [0, 0.1) is 10.8 Å². The van der Waals surface area contributed by atoms with Gasteiger partial charge in [0.05, 0.1) is 0 Å². The van der Waals surface area contributed by atoms with Gasteiger partial charge in [0.2, 0.25) is 0 Å². The van der Waals surface area contributed by atoms with Gasteiger partial charge in [-0.15, -0.1) is 0 Å². The summed E-state index contributed by atoms with van der Waals surface area (Å²) >= 11 is 2.06. The molecule has 0 atom stereocenters. The summed E-state index contributed by atoms with van der Waals surface area (Å²) in [7, 11) is 0. The molecule has 0 nitrogen and oxygen atoms in total. The molecule has 0 heterocycles. The molecule has 1 aliphatic rings. The van der Waals surface area contributed by atoms with E-state index in [0.717, 1.165) is 0 Å². The van der Waals surface area contributed by atoms with E-state index in [9.17, 15) is 0 Å². The van der Waals surface area contributed by atoms with Gasteiger partial charge >= 0.3 is 0 Å². The zero-order chi connectivity index (χ0) is 11.7. The summed E-state index contributed by atoms with van der Waals surface area (Å²) in [5.41, 5.74) is 1.06. The fraction of sp³-hybridized carbons (Fsp3) is 1.00. The topological polar surface area (TPSA) is 0 Å². The summed E-state index contributed by atoms with van der Waals surface area (Å²) in [5, 5.41) is 0. The molecule has 0 bridgehead atoms. The Bertz CT molecular complexity index is 204. The van der Waals surface area contributed by atoms with Gasteiger partial charge in [-0.05, 0) is 36.3 Å². The van der Waals surface area contributed by atoms with Gasteiger partial charge in [0.1, 0.15) is 0 Å². The van der Waals surface area contributed by atoms with Crippen molar-refractivity contribution < 1.29 is 0 Å². The molecule has 90 valence electrons. The lowest BCUT2D eigenvalue weighted by Gasteiger charge is -2.47. The van der Waals surface area contributed by atoms with Crippen LogP contribution in [0.1, 0.15) is 66.7 Å². The van der Waals surface area contributed by atoms with E-state index in [0.29, 0.717) is 15.6 Å². The van der Waals surface area contributed by atoms with Crippen molar-refractivity contribution in [3.63, 3.8) is 0 Å². The molecule has 15 heavy (non-hydrogen) atoms. The first kappa shape index (κ1) is 13.4. The quantitative estimate of drug-likeness (QED) is 0.645. The molecule has 0 amide bonds. The fourth-order valence-corrected chi connectivity index (χ4v) is 3.98. The van der Waals surface area contributed by atoms with Crippen molar-refractivity contribution in [2.24, 2.45) is 10.8 Å². The molecule has 0 aromatic heterocycles. The molecule has 0 N–H and O–H groups in total. The number of rotatable bonds is 3. The van der Waals surface area contributed by atoms with Gasteiger partial charge in [-0.2, -0.15) is 11.8 Å². The van der Waals surface area contributed by atoms with Crippen LogP contribution in [0.3, 0.4) is 0 Å². The maximum absolute atomic E-state index is 2.45. The maximum atomic E-state index is 2.45. The summed E-state index contributed by atoms with van der Waals surface area (Å²) in [5.74, 6) is 0. The van der Waals surface area contributed by atoms with Gasteiger partial charge in [-0.25, -0.2) is 0 Å². The molecule has 0 radical (unpaired) electrons. The Hall–Kier alpha value is 0.350. The molecule has 1 saturated carbocycles. The average Bonchev–Trinajstić information content (AvgIpc) is 2.51. The van der Waals surface area contributed by atoms with Gasteiger partial charge in [-0.1, -0.05) is 47.5 Å². The lowest BCUT2D eigenvalue weighted by molar-refractivity contribution is 0.135. The Balaban J connectivity index is 2.89. The highest BCUT2D eigenvalue weighted by atomic mass is 32.2. The lowest BCUT2D eigenvalue weighted by Crippen LogP contribution is -2.41. The predicted octanol–water partition coefficient (Wildman–Crippen LogP) is 5.12. The summed E-state index contributed by atoms with van der Waals surface area (Å²) in [6.07, 6.45) is 9.44. The second-order valence-corrected chi connectivity index (χ2v) is 8.37. The van der Waals surface area contributed by atoms with E-state index < -0.39 is 0 Å². The first-order valence-electron chi connectivity index (χ1n) is 6.28. The van der Waals surface area contributed by atoms with Crippen molar-refractivity contribution in [2.75, 3.05) is 6.26 Å². The van der Waals surface area contributed by atoms with Crippen molar-refractivity contribution >= 4 is 11.8 Å². The van der Waals surface area contributed by atoms with Crippen molar-refractivity contribution in [1.82, 2.24) is 0 Å². The Morgan fingerprint density at radius 3 is 1.80 bits per heavy atom. The molecule has 0 saturated heterocycles. The van der Waals surface area contributed by atoms with E-state index in [1.54, 1.807) is 0 Å². The van der Waals surface area contributed by atoms with Crippen LogP contribution in [0.4, 0.5) is 0 Å². The number of hydrogen-bond donors (Lipinski definition) is 0. The fourth-order valence-electron chi connectivity index (χ4n) is 3.28. The first-order chi connectivity index (χ1) is 6.72. The molecule has 0 aromatic carbocycles. The van der Waals surface area contributed by atoms with Gasteiger partial charge in [0.15, 0.2) is 0 Å². The molecular weight excluding hydrogens is 200 g/mol. The third kappa shape index (κ3) is 2.93. The van der Waals surface area contributed by atoms with Crippen LogP contribution >= 0.6 is 11.8 Å². The highest BCUT2D eigenvalue weighted by Crippen LogP contribution is 2.57. The lowest BCUT2D eigenvalue weighted by atomic mass is 9.66. The van der Waals surface area contributed by atoms with E-state index in [2.05, 4.69) is 52.6 Å². The van der Waals surface area contributed by atoms with Gasteiger partial charge in [-0.3, -0.25) is 0 Å². The van der Waals surface area contributed by atoms with E-state index in [1.807, 2.05) is 0 Å². The zero-order valence-corrected chi connectivity index (χ0v) is 12.3. The minimum atomic E-state index is 0.441. The molecule has 0 aliphatic heterocycles. The smallest absolute Gasteiger partial charge is 0.0157 e. The minimum Gasteiger partial charge on any atom is -0.159 e. The predicted molar refractivity (Wildman–Crippen MR) is 72.6 cm³/mol. The number of thioether (sulfide) groups is 1. The molecule has 1 fully saturated rings. The summed E-state index contributed by atoms with van der Waals surface area (Å²) in [4.78, 5) is 0. The van der Waals surface area contributed by atoms with E-state index in [-0.39, 0.29) is 0 Å². The highest BCUT2D eigenvalue weighted by molar-refractivity contribution is 8.00. The van der Waals surface area contributed by atoms with E-state index >= 15 is 0 Å². The molecule has 1 heteroatoms. The van der Waals surface area contributed by atoms with E-state index in [1.165, 1.54) is 32.1 Å². The molecular formula is C14H28S. The van der Waals surface area contributed by atoms with Crippen LogP contribution in [-0.2, 0) is 0 Å². The third-order valence-electron chi connectivity index (χ3n) is 4.22. The molecule has 0 spiro atoms. The first-order valence-corrected chi connectivity index (χ1v) is 7.50. The molecule has 1 rings (SSSR count). The van der Waals surface area contributed by atoms with Crippen molar-refractivity contribution in [2.45, 2.75) is 71.5 Å². The Kier molecular flexibility index (Phi) is 3.86. The van der Waals surface area contributed by atoms with Crippen LogP contribution in [0.2, 0.25) is 0 Å². The standard InChI is InChI=1S/C14H28S/c1-12(2,3)11-14(9-7-8-10-14)13(4,5)15-6/h7-11H2,1-6H3. The zero-order valence-electron chi connectivity index (χ0n) is 11.4. The average molecular weight is 228 g/mol. The monoisotopic (exact) mass is 228 g/mol. The molecule has 0 unspecified atom stereocenters. The molecule has 1 aliphatic carbocycles. The largest absolute Gasteiger partial charge is 0.159 e. The van der Waals surface area contributed by atoms with Gasteiger partial charge in [0, 0.05) is 4.75 Å². The van der Waals surface area contributed by atoms with E-state index in [4.69, 9.17) is 0 Å². The third-order valence-corrected chi connectivity index (χ3v) is 5.67. The summed E-state index contributed by atoms with van der Waals surface area (Å²) in [6, 6.07) is 0. The van der Waals surface area contributed by atoms with Crippen LogP contribution < -0.4 is 0 Å². The van der Waals surface area contributed by atoms with Crippen molar-refractivity contribution in [1.29, 1.82) is 0 Å². The normalized spacial score (nSPS) is 22.0. The second-order valence-electron chi connectivity index (χ2n) is 6.94. The Morgan fingerprint density at radius 1 is 1.00 bits per heavy atom. The second kappa shape index (κ2) is 4.31. The van der Waals surface area contributed by atoms with Crippen molar-refractivity contribution in [3.05, 3.63) is 0 Å². The Labute approximate surface area is 101 Å². The summed E-state index contributed by atoms with van der Waals surface area (Å²) in [6.45, 7) is 12.1. The number of hydrogen-bond acceptors (Lipinski definition) is 1. The van der Waals surface area contributed by atoms with Gasteiger partial charge < -0.3 is 0 Å². The van der Waals surface area contributed by atoms with Crippen LogP contribution in [0.15, 0.2) is 0 Å². The maximum Gasteiger partial charge on any atom is 0.0157 e. The summed E-state index contributed by atoms with van der Waals surface area (Å²) < 4.78 is 0.441. The SMILES string of the molecule is CSC(C)(C)C1(CC(C)(C)C)CCCC1. The Morgan fingerprint density at radius 2 is 1.47 bits per heavy atom. The van der Waals surface area contributed by atoms with Crippen LogP contribution in [0.25, 0.3) is 0 Å². The van der Waals surface area contributed by atoms with Gasteiger partial charge in [0.25, 0.3) is 0 Å². The molecule has 0 aromatic rings. The van der Waals surface area contributed by atoms with Crippen LogP contribution in [-0.4, -0.2) is 11.0 Å².